The van der Waals surface area contributed by atoms with E-state index in [1.807, 2.05) is 36.4 Å². The van der Waals surface area contributed by atoms with Crippen LogP contribution in [0.5, 0.6) is 11.5 Å². The van der Waals surface area contributed by atoms with Crippen LogP contribution in [0, 0.1) is 0 Å². The lowest BCUT2D eigenvalue weighted by molar-refractivity contribution is -0.117. The lowest BCUT2D eigenvalue weighted by Gasteiger charge is -2.22. The molecule has 0 atom stereocenters. The number of methoxy groups -OCH3 is 2. The van der Waals surface area contributed by atoms with Crippen LogP contribution in [0.1, 0.15) is 24.0 Å². The van der Waals surface area contributed by atoms with Crippen molar-refractivity contribution in [3.05, 3.63) is 89.5 Å². The van der Waals surface area contributed by atoms with Crippen molar-refractivity contribution in [2.45, 2.75) is 19.4 Å². The summed E-state index contributed by atoms with van der Waals surface area (Å²) < 4.78 is 16.4. The number of carbonyl (C=O) groups excluding carboxylic acids is 1. The first-order valence-electron chi connectivity index (χ1n) is 12.3. The standard InChI is InChI=1S/C30H34N2O4/c1-34-14-7-15-36-27-17-22(16-26(19-27)35-2)20-32-30(33)29-21-31-13-12-28(29)25-11-6-10-24(18-25)23-8-4-3-5-9-23/h3-6,8-11,16-19,31H,7,12-15,20-21H2,1-2H3,(H,32,33). The zero-order valence-corrected chi connectivity index (χ0v) is 21.0. The molecular weight excluding hydrogens is 452 g/mol. The second-order valence-electron chi connectivity index (χ2n) is 8.72. The Labute approximate surface area is 213 Å². The van der Waals surface area contributed by atoms with Crippen molar-refractivity contribution in [1.29, 1.82) is 0 Å². The number of nitrogens with one attached hydrogen (secondary N) is 2. The zero-order valence-electron chi connectivity index (χ0n) is 21.0. The van der Waals surface area contributed by atoms with Crippen LogP contribution in [0.3, 0.4) is 0 Å². The number of hydrogen-bond acceptors (Lipinski definition) is 5. The van der Waals surface area contributed by atoms with Gasteiger partial charge >= 0.3 is 0 Å². The number of amides is 1. The quantitative estimate of drug-likeness (QED) is 0.380. The van der Waals surface area contributed by atoms with Gasteiger partial charge in [-0.1, -0.05) is 48.5 Å². The lowest BCUT2D eigenvalue weighted by atomic mass is 9.91. The average molecular weight is 487 g/mol. The van der Waals surface area contributed by atoms with Crippen LogP contribution in [-0.2, 0) is 16.1 Å². The van der Waals surface area contributed by atoms with E-state index < -0.39 is 0 Å². The molecule has 0 fully saturated rings. The topological polar surface area (TPSA) is 68.8 Å². The molecule has 188 valence electrons. The molecule has 0 radical (unpaired) electrons. The molecule has 36 heavy (non-hydrogen) atoms. The molecule has 1 heterocycles. The van der Waals surface area contributed by atoms with E-state index in [-0.39, 0.29) is 5.91 Å². The normalized spacial score (nSPS) is 13.4. The SMILES string of the molecule is COCCCOc1cc(CNC(=O)C2=C(c3cccc(-c4ccccc4)c3)CCNC2)cc(OC)c1. The summed E-state index contributed by atoms with van der Waals surface area (Å²) in [6.45, 7) is 2.97. The van der Waals surface area contributed by atoms with Crippen LogP contribution in [-0.4, -0.2) is 46.4 Å². The molecule has 4 rings (SSSR count). The number of ether oxygens (including phenoxy) is 3. The van der Waals surface area contributed by atoms with E-state index in [4.69, 9.17) is 14.2 Å². The van der Waals surface area contributed by atoms with Gasteiger partial charge in [-0.3, -0.25) is 4.79 Å². The fraction of sp³-hybridized carbons (Fsp3) is 0.300. The first kappa shape index (κ1) is 25.5. The summed E-state index contributed by atoms with van der Waals surface area (Å²) in [5.74, 6) is 1.35. The van der Waals surface area contributed by atoms with Gasteiger partial charge in [0.05, 0.1) is 13.7 Å². The van der Waals surface area contributed by atoms with Gasteiger partial charge in [-0.25, -0.2) is 0 Å². The molecule has 1 amide bonds. The minimum Gasteiger partial charge on any atom is -0.497 e. The van der Waals surface area contributed by atoms with E-state index in [1.165, 1.54) is 0 Å². The molecule has 0 aromatic heterocycles. The third-order valence-electron chi connectivity index (χ3n) is 6.20. The maximum Gasteiger partial charge on any atom is 0.249 e. The summed E-state index contributed by atoms with van der Waals surface area (Å²) in [7, 11) is 3.30. The van der Waals surface area contributed by atoms with E-state index in [9.17, 15) is 4.79 Å². The second-order valence-corrected chi connectivity index (χ2v) is 8.72. The van der Waals surface area contributed by atoms with E-state index in [0.717, 1.165) is 52.8 Å². The Morgan fingerprint density at radius 3 is 2.47 bits per heavy atom. The average Bonchev–Trinajstić information content (AvgIpc) is 2.94. The van der Waals surface area contributed by atoms with Crippen molar-refractivity contribution in [3.8, 4) is 22.6 Å². The van der Waals surface area contributed by atoms with Crippen LogP contribution in [0.25, 0.3) is 16.7 Å². The Morgan fingerprint density at radius 2 is 1.67 bits per heavy atom. The summed E-state index contributed by atoms with van der Waals surface area (Å²) in [5.41, 5.74) is 6.20. The van der Waals surface area contributed by atoms with Gasteiger partial charge in [0.15, 0.2) is 0 Å². The molecule has 0 bridgehead atoms. The van der Waals surface area contributed by atoms with Crippen LogP contribution in [0.2, 0.25) is 0 Å². The number of carbonyl (C=O) groups is 1. The first-order chi connectivity index (χ1) is 17.7. The molecule has 6 nitrogen and oxygen atoms in total. The highest BCUT2D eigenvalue weighted by Gasteiger charge is 2.20. The molecule has 6 heteroatoms. The molecule has 0 saturated heterocycles. The van der Waals surface area contributed by atoms with E-state index in [0.29, 0.717) is 37.8 Å². The Bertz CT molecular complexity index is 1190. The van der Waals surface area contributed by atoms with Gasteiger partial charge in [0, 0.05) is 44.9 Å². The predicted molar refractivity (Wildman–Crippen MR) is 143 cm³/mol. The van der Waals surface area contributed by atoms with Crippen LogP contribution in [0.4, 0.5) is 0 Å². The molecule has 3 aromatic rings. The van der Waals surface area contributed by atoms with Crippen molar-refractivity contribution in [1.82, 2.24) is 10.6 Å². The van der Waals surface area contributed by atoms with Gasteiger partial charge < -0.3 is 24.8 Å². The highest BCUT2D eigenvalue weighted by atomic mass is 16.5. The lowest BCUT2D eigenvalue weighted by Crippen LogP contribution is -2.34. The Morgan fingerprint density at radius 1 is 0.889 bits per heavy atom. The highest BCUT2D eigenvalue weighted by molar-refractivity contribution is 6.02. The molecule has 0 spiro atoms. The summed E-state index contributed by atoms with van der Waals surface area (Å²) in [5, 5.41) is 6.45. The number of hydrogen-bond donors (Lipinski definition) is 2. The van der Waals surface area contributed by atoms with Gasteiger partial charge in [-0.2, -0.15) is 0 Å². The van der Waals surface area contributed by atoms with Gasteiger partial charge in [-0.05, 0) is 59.0 Å². The maximum absolute atomic E-state index is 13.3. The van der Waals surface area contributed by atoms with Crippen molar-refractivity contribution in [2.75, 3.05) is 40.5 Å². The second kappa shape index (κ2) is 12.9. The van der Waals surface area contributed by atoms with E-state index >= 15 is 0 Å². The van der Waals surface area contributed by atoms with Crippen molar-refractivity contribution >= 4 is 11.5 Å². The van der Waals surface area contributed by atoms with Crippen LogP contribution in [0.15, 0.2) is 78.4 Å². The van der Waals surface area contributed by atoms with E-state index in [2.05, 4.69) is 47.0 Å². The van der Waals surface area contributed by atoms with Gasteiger partial charge in [-0.15, -0.1) is 0 Å². The number of rotatable bonds is 11. The monoisotopic (exact) mass is 486 g/mol. The Kier molecular flexibility index (Phi) is 9.14. The van der Waals surface area contributed by atoms with Crippen molar-refractivity contribution in [3.63, 3.8) is 0 Å². The fourth-order valence-corrected chi connectivity index (χ4v) is 4.35. The molecule has 0 saturated carbocycles. The first-order valence-corrected chi connectivity index (χ1v) is 12.3. The highest BCUT2D eigenvalue weighted by Crippen LogP contribution is 2.29. The Hall–Kier alpha value is -3.61. The summed E-state index contributed by atoms with van der Waals surface area (Å²) in [4.78, 5) is 13.3. The van der Waals surface area contributed by atoms with Crippen molar-refractivity contribution in [2.24, 2.45) is 0 Å². The largest absolute Gasteiger partial charge is 0.497 e. The molecule has 1 aliphatic heterocycles. The van der Waals surface area contributed by atoms with Crippen LogP contribution < -0.4 is 20.1 Å². The molecule has 0 unspecified atom stereocenters. The summed E-state index contributed by atoms with van der Waals surface area (Å²) >= 11 is 0. The third-order valence-corrected chi connectivity index (χ3v) is 6.20. The van der Waals surface area contributed by atoms with Gasteiger partial charge in [0.25, 0.3) is 0 Å². The zero-order chi connectivity index (χ0) is 25.2. The van der Waals surface area contributed by atoms with Gasteiger partial charge in [0.2, 0.25) is 5.91 Å². The Balaban J connectivity index is 1.50. The molecular formula is C30H34N2O4. The summed E-state index contributed by atoms with van der Waals surface area (Å²) in [6.07, 6.45) is 1.61. The third kappa shape index (κ3) is 6.74. The minimum atomic E-state index is -0.0623. The van der Waals surface area contributed by atoms with E-state index in [1.54, 1.807) is 14.2 Å². The maximum atomic E-state index is 13.3. The smallest absolute Gasteiger partial charge is 0.249 e. The van der Waals surface area contributed by atoms with Crippen LogP contribution >= 0.6 is 0 Å². The molecule has 3 aromatic carbocycles. The molecule has 2 N–H and O–H groups in total. The number of benzene rings is 3. The molecule has 0 aliphatic carbocycles. The predicted octanol–water partition coefficient (Wildman–Crippen LogP) is 4.84. The molecule has 1 aliphatic rings. The fourth-order valence-electron chi connectivity index (χ4n) is 4.35. The van der Waals surface area contributed by atoms with Gasteiger partial charge in [0.1, 0.15) is 11.5 Å². The van der Waals surface area contributed by atoms with Crippen molar-refractivity contribution < 1.29 is 19.0 Å². The minimum absolute atomic E-state index is 0.0623. The summed E-state index contributed by atoms with van der Waals surface area (Å²) in [6, 6.07) is 24.5.